The van der Waals surface area contributed by atoms with Gasteiger partial charge in [0.25, 0.3) is 0 Å². The maximum Gasteiger partial charge on any atom is 0.166 e. The fraction of sp³-hybridized carbons (Fsp3) is 0.350. The summed E-state index contributed by atoms with van der Waals surface area (Å²) >= 11 is 5.41. The second-order valence-corrected chi connectivity index (χ2v) is 6.53. The van der Waals surface area contributed by atoms with Crippen molar-refractivity contribution in [3.63, 3.8) is 0 Å². The first kappa shape index (κ1) is 18.4. The number of aryl methyl sites for hydroxylation is 1. The molecule has 0 spiro atoms. The van der Waals surface area contributed by atoms with Crippen molar-refractivity contribution in [3.05, 3.63) is 71.3 Å². The molecule has 2 rings (SSSR count). The molecular weight excluding hydrogens is 314 g/mol. The summed E-state index contributed by atoms with van der Waals surface area (Å²) in [6.45, 7) is 3.69. The Labute approximate surface area is 151 Å². The van der Waals surface area contributed by atoms with Crippen molar-refractivity contribution in [2.75, 3.05) is 20.6 Å². The van der Waals surface area contributed by atoms with Crippen LogP contribution in [0.2, 0.25) is 0 Å². The Hall–Kier alpha value is -1.91. The van der Waals surface area contributed by atoms with Crippen molar-refractivity contribution in [2.24, 2.45) is 0 Å². The summed E-state index contributed by atoms with van der Waals surface area (Å²) < 4.78 is 0. The molecule has 0 unspecified atom stereocenters. The Morgan fingerprint density at radius 3 is 2.21 bits per heavy atom. The van der Waals surface area contributed by atoms with E-state index in [1.54, 1.807) is 0 Å². The van der Waals surface area contributed by atoms with Gasteiger partial charge in [-0.15, -0.1) is 0 Å². The van der Waals surface area contributed by atoms with Gasteiger partial charge in [-0.05, 0) is 49.4 Å². The molecule has 2 N–H and O–H groups in total. The number of hydrogen-bond donors (Lipinski definition) is 2. The van der Waals surface area contributed by atoms with Crippen LogP contribution in [-0.2, 0) is 13.0 Å². The topological polar surface area (TPSA) is 27.3 Å². The van der Waals surface area contributed by atoms with Gasteiger partial charge in [0.15, 0.2) is 5.11 Å². The van der Waals surface area contributed by atoms with Crippen LogP contribution in [0.1, 0.15) is 29.7 Å². The van der Waals surface area contributed by atoms with E-state index in [0.717, 1.165) is 19.5 Å². The van der Waals surface area contributed by atoms with Crippen LogP contribution < -0.4 is 10.6 Å². The zero-order chi connectivity index (χ0) is 17.4. The summed E-state index contributed by atoms with van der Waals surface area (Å²) in [6.07, 6.45) is 1.07. The maximum atomic E-state index is 5.41. The average molecular weight is 342 g/mol. The highest BCUT2D eigenvalue weighted by Crippen LogP contribution is 2.18. The second kappa shape index (κ2) is 9.40. The number of nitrogens with zero attached hydrogens (tertiary/aromatic N) is 1. The SMILES string of the molecule is CCc1ccc([C@@H](CNC(=S)NCc2ccccc2)N(C)C)cc1. The van der Waals surface area contributed by atoms with Crippen molar-refractivity contribution in [1.82, 2.24) is 15.5 Å². The molecule has 2 aromatic rings. The molecule has 0 bridgehead atoms. The molecule has 0 aliphatic heterocycles. The Balaban J connectivity index is 1.87. The molecule has 0 aliphatic carbocycles. The van der Waals surface area contributed by atoms with Gasteiger partial charge in [0, 0.05) is 13.1 Å². The van der Waals surface area contributed by atoms with Crippen LogP contribution in [0.25, 0.3) is 0 Å². The van der Waals surface area contributed by atoms with Gasteiger partial charge < -0.3 is 15.5 Å². The van der Waals surface area contributed by atoms with E-state index in [-0.39, 0.29) is 6.04 Å². The molecule has 0 aliphatic rings. The first-order valence-electron chi connectivity index (χ1n) is 8.41. The van der Waals surface area contributed by atoms with Gasteiger partial charge in [0.2, 0.25) is 0 Å². The third kappa shape index (κ3) is 5.62. The normalized spacial score (nSPS) is 12.0. The number of benzene rings is 2. The lowest BCUT2D eigenvalue weighted by Gasteiger charge is -2.26. The Kier molecular flexibility index (Phi) is 7.22. The van der Waals surface area contributed by atoms with E-state index in [0.29, 0.717) is 5.11 Å². The molecule has 0 heterocycles. The van der Waals surface area contributed by atoms with E-state index >= 15 is 0 Å². The smallest absolute Gasteiger partial charge is 0.166 e. The minimum atomic E-state index is 0.285. The predicted octanol–water partition coefficient (Wildman–Crippen LogP) is 3.52. The summed E-state index contributed by atoms with van der Waals surface area (Å²) in [4.78, 5) is 2.22. The number of likely N-dealkylation sites (N-methyl/N-ethyl adjacent to an activating group) is 1. The fourth-order valence-corrected chi connectivity index (χ4v) is 2.76. The molecular formula is C20H27N3S. The van der Waals surface area contributed by atoms with Gasteiger partial charge in [0.1, 0.15) is 0 Å². The largest absolute Gasteiger partial charge is 0.361 e. The summed E-state index contributed by atoms with van der Waals surface area (Å²) in [7, 11) is 4.20. The van der Waals surface area contributed by atoms with Crippen LogP contribution in [0.4, 0.5) is 0 Å². The van der Waals surface area contributed by atoms with Gasteiger partial charge in [-0.3, -0.25) is 0 Å². The second-order valence-electron chi connectivity index (χ2n) is 6.12. The van der Waals surface area contributed by atoms with Crippen LogP contribution in [0, 0.1) is 0 Å². The molecule has 24 heavy (non-hydrogen) atoms. The lowest BCUT2D eigenvalue weighted by Crippen LogP contribution is -2.40. The standard InChI is InChI=1S/C20H27N3S/c1-4-16-10-12-18(13-11-16)19(23(2)3)15-22-20(24)21-14-17-8-6-5-7-9-17/h5-13,19H,4,14-15H2,1-3H3,(H2,21,22,24)/t19-/m1/s1. The van der Waals surface area contributed by atoms with E-state index in [1.165, 1.54) is 16.7 Å². The Bertz CT molecular complexity index is 623. The first-order chi connectivity index (χ1) is 11.6. The average Bonchev–Trinajstić information content (AvgIpc) is 2.61. The number of nitrogens with one attached hydrogen (secondary N) is 2. The van der Waals surface area contributed by atoms with E-state index < -0.39 is 0 Å². The summed E-state index contributed by atoms with van der Waals surface area (Å²) in [5, 5.41) is 7.30. The highest BCUT2D eigenvalue weighted by molar-refractivity contribution is 7.80. The summed E-state index contributed by atoms with van der Waals surface area (Å²) in [5.74, 6) is 0. The van der Waals surface area contributed by atoms with Gasteiger partial charge in [-0.2, -0.15) is 0 Å². The monoisotopic (exact) mass is 341 g/mol. The predicted molar refractivity (Wildman–Crippen MR) is 106 cm³/mol. The van der Waals surface area contributed by atoms with Crippen LogP contribution in [0.5, 0.6) is 0 Å². The number of thiocarbonyl (C=S) groups is 1. The molecule has 0 amide bonds. The van der Waals surface area contributed by atoms with Gasteiger partial charge >= 0.3 is 0 Å². The third-order valence-electron chi connectivity index (χ3n) is 4.15. The van der Waals surface area contributed by atoms with E-state index in [1.807, 2.05) is 18.2 Å². The first-order valence-corrected chi connectivity index (χ1v) is 8.82. The third-order valence-corrected chi connectivity index (χ3v) is 4.44. The van der Waals surface area contributed by atoms with E-state index in [2.05, 4.69) is 73.0 Å². The lowest BCUT2D eigenvalue weighted by atomic mass is 10.0. The molecule has 3 nitrogen and oxygen atoms in total. The highest BCUT2D eigenvalue weighted by Gasteiger charge is 2.14. The molecule has 0 aromatic heterocycles. The Morgan fingerprint density at radius 2 is 1.62 bits per heavy atom. The zero-order valence-electron chi connectivity index (χ0n) is 14.8. The molecule has 0 radical (unpaired) electrons. The summed E-state index contributed by atoms with van der Waals surface area (Å²) in [6, 6.07) is 19.4. The van der Waals surface area contributed by atoms with Crippen molar-refractivity contribution >= 4 is 17.3 Å². The molecule has 128 valence electrons. The molecule has 4 heteroatoms. The fourth-order valence-electron chi connectivity index (χ4n) is 2.60. The van der Waals surface area contributed by atoms with Crippen molar-refractivity contribution in [1.29, 1.82) is 0 Å². The van der Waals surface area contributed by atoms with E-state index in [4.69, 9.17) is 12.2 Å². The number of rotatable bonds is 7. The Morgan fingerprint density at radius 1 is 0.958 bits per heavy atom. The van der Waals surface area contributed by atoms with Gasteiger partial charge in [-0.1, -0.05) is 61.5 Å². The minimum absolute atomic E-state index is 0.285. The molecule has 0 saturated carbocycles. The quantitative estimate of drug-likeness (QED) is 0.754. The van der Waals surface area contributed by atoms with Crippen LogP contribution >= 0.6 is 12.2 Å². The minimum Gasteiger partial charge on any atom is -0.361 e. The molecule has 0 fully saturated rings. The zero-order valence-corrected chi connectivity index (χ0v) is 15.6. The molecule has 1 atom stereocenters. The van der Waals surface area contributed by atoms with Crippen LogP contribution in [0.3, 0.4) is 0 Å². The van der Waals surface area contributed by atoms with Crippen molar-refractivity contribution in [2.45, 2.75) is 25.9 Å². The maximum absolute atomic E-state index is 5.41. The van der Waals surface area contributed by atoms with Crippen molar-refractivity contribution in [3.8, 4) is 0 Å². The highest BCUT2D eigenvalue weighted by atomic mass is 32.1. The molecule has 0 saturated heterocycles. The number of hydrogen-bond acceptors (Lipinski definition) is 2. The van der Waals surface area contributed by atoms with E-state index in [9.17, 15) is 0 Å². The van der Waals surface area contributed by atoms with Crippen LogP contribution in [0.15, 0.2) is 54.6 Å². The van der Waals surface area contributed by atoms with Gasteiger partial charge in [-0.25, -0.2) is 0 Å². The van der Waals surface area contributed by atoms with Crippen LogP contribution in [-0.4, -0.2) is 30.7 Å². The summed E-state index contributed by atoms with van der Waals surface area (Å²) in [5.41, 5.74) is 3.89. The van der Waals surface area contributed by atoms with Gasteiger partial charge in [0.05, 0.1) is 6.04 Å². The van der Waals surface area contributed by atoms with Crippen molar-refractivity contribution < 1.29 is 0 Å². The molecule has 2 aromatic carbocycles. The lowest BCUT2D eigenvalue weighted by molar-refractivity contribution is 0.298.